The van der Waals surface area contributed by atoms with Gasteiger partial charge in [-0.2, -0.15) is 0 Å². The molecule has 1 saturated carbocycles. The number of hydrogen-bond acceptors (Lipinski definition) is 4. The molecule has 1 N–H and O–H groups in total. The van der Waals surface area contributed by atoms with E-state index in [4.69, 9.17) is 9.26 Å². The van der Waals surface area contributed by atoms with E-state index in [0.29, 0.717) is 23.8 Å². The highest BCUT2D eigenvalue weighted by Crippen LogP contribution is 2.56. The van der Waals surface area contributed by atoms with E-state index in [0.717, 1.165) is 48.5 Å². The summed E-state index contributed by atoms with van der Waals surface area (Å²) in [6, 6.07) is 14.6. The first kappa shape index (κ1) is 22.4. The smallest absolute Gasteiger partial charge is 0.324 e. The van der Waals surface area contributed by atoms with Crippen LogP contribution in [0.3, 0.4) is 0 Å². The maximum absolute atomic E-state index is 13.0. The second-order valence-electron chi connectivity index (χ2n) is 9.73. The lowest BCUT2D eigenvalue weighted by atomic mass is 9.56. The van der Waals surface area contributed by atoms with E-state index >= 15 is 0 Å². The second kappa shape index (κ2) is 9.12. The zero-order chi connectivity index (χ0) is 23.7. The van der Waals surface area contributed by atoms with Gasteiger partial charge in [0, 0.05) is 18.7 Å². The maximum atomic E-state index is 13.0. The van der Waals surface area contributed by atoms with Crippen molar-refractivity contribution in [2.75, 3.05) is 18.4 Å². The van der Waals surface area contributed by atoms with Gasteiger partial charge in [0.15, 0.2) is 0 Å². The first-order chi connectivity index (χ1) is 16.4. The molecule has 2 aromatic carbocycles. The molecular formula is C27H30FN3O3. The standard InChI is InChI=1S/C27H30FN3O3/c1-18-19(2)30-34-25(18)29-26(32)31-13-11-27(12-14-31)15-22(16-27)21-5-9-24(10-6-21)33-17-20-3-7-23(28)8-4-20/h3-10,22H,11-17H2,1-2H3,(H,29,32). The van der Waals surface area contributed by atoms with Crippen molar-refractivity contribution >= 4 is 11.9 Å². The van der Waals surface area contributed by atoms with Crippen LogP contribution in [0, 0.1) is 25.1 Å². The number of piperidine rings is 1. The van der Waals surface area contributed by atoms with Crippen molar-refractivity contribution in [1.29, 1.82) is 0 Å². The minimum absolute atomic E-state index is 0.110. The third kappa shape index (κ3) is 4.65. The summed E-state index contributed by atoms with van der Waals surface area (Å²) in [6.07, 6.45) is 4.39. The molecule has 6 nitrogen and oxygen atoms in total. The van der Waals surface area contributed by atoms with Gasteiger partial charge in [-0.25, -0.2) is 9.18 Å². The first-order valence-electron chi connectivity index (χ1n) is 11.9. The number of nitrogens with one attached hydrogen (secondary N) is 1. The van der Waals surface area contributed by atoms with Gasteiger partial charge in [-0.3, -0.25) is 5.32 Å². The number of benzene rings is 2. The van der Waals surface area contributed by atoms with Crippen LogP contribution in [0.1, 0.15) is 54.0 Å². The van der Waals surface area contributed by atoms with Crippen LogP contribution in [0.15, 0.2) is 53.1 Å². The Bertz CT molecular complexity index is 1140. The van der Waals surface area contributed by atoms with Crippen molar-refractivity contribution in [3.05, 3.63) is 76.7 Å². The molecule has 5 rings (SSSR count). The first-order valence-corrected chi connectivity index (χ1v) is 11.9. The number of ether oxygens (including phenoxy) is 1. The number of hydrogen-bond donors (Lipinski definition) is 1. The third-order valence-corrected chi connectivity index (χ3v) is 7.52. The fraction of sp³-hybridized carbons (Fsp3) is 0.407. The summed E-state index contributed by atoms with van der Waals surface area (Å²) in [6.45, 7) is 5.71. The molecule has 1 aliphatic carbocycles. The molecule has 1 spiro atoms. The Kier molecular flexibility index (Phi) is 6.02. The second-order valence-corrected chi connectivity index (χ2v) is 9.73. The van der Waals surface area contributed by atoms with Crippen molar-refractivity contribution in [3.63, 3.8) is 0 Å². The lowest BCUT2D eigenvalue weighted by Crippen LogP contribution is -2.49. The third-order valence-electron chi connectivity index (χ3n) is 7.52. The Morgan fingerprint density at radius 2 is 1.79 bits per heavy atom. The summed E-state index contributed by atoms with van der Waals surface area (Å²) >= 11 is 0. The highest BCUT2D eigenvalue weighted by atomic mass is 19.1. The van der Waals surface area contributed by atoms with Crippen LogP contribution < -0.4 is 10.1 Å². The number of anilines is 1. The number of rotatable bonds is 5. The van der Waals surface area contributed by atoms with Gasteiger partial charge in [-0.05, 0) is 86.3 Å². The molecule has 2 fully saturated rings. The van der Waals surface area contributed by atoms with Crippen LogP contribution in [0.4, 0.5) is 15.1 Å². The van der Waals surface area contributed by atoms with Crippen LogP contribution in [-0.4, -0.2) is 29.2 Å². The molecule has 7 heteroatoms. The number of nitrogens with zero attached hydrogens (tertiary/aromatic N) is 2. The molecule has 0 bridgehead atoms. The van der Waals surface area contributed by atoms with Crippen LogP contribution >= 0.6 is 0 Å². The number of halogens is 1. The number of carbonyl (C=O) groups excluding carboxylic acids is 1. The Labute approximate surface area is 199 Å². The molecule has 2 aliphatic rings. The van der Waals surface area contributed by atoms with Crippen LogP contribution in [-0.2, 0) is 6.61 Å². The average Bonchev–Trinajstić information content (AvgIpc) is 3.15. The summed E-state index contributed by atoms with van der Waals surface area (Å²) in [5, 5.41) is 6.76. The Hall–Kier alpha value is -3.35. The van der Waals surface area contributed by atoms with Crippen LogP contribution in [0.5, 0.6) is 5.75 Å². The number of aromatic nitrogens is 1. The summed E-state index contributed by atoms with van der Waals surface area (Å²) in [5.74, 6) is 1.58. The van der Waals surface area contributed by atoms with Crippen molar-refractivity contribution in [1.82, 2.24) is 10.1 Å². The SMILES string of the molecule is Cc1noc(NC(=O)N2CCC3(CC2)CC(c2ccc(OCc4ccc(F)cc4)cc2)C3)c1C. The predicted molar refractivity (Wildman–Crippen MR) is 127 cm³/mol. The summed E-state index contributed by atoms with van der Waals surface area (Å²) in [5.41, 5.74) is 4.29. The normalized spacial score (nSPS) is 17.4. The lowest BCUT2D eigenvalue weighted by molar-refractivity contribution is 0.0290. The van der Waals surface area contributed by atoms with Gasteiger partial charge >= 0.3 is 6.03 Å². The lowest BCUT2D eigenvalue weighted by Gasteiger charge is -2.52. The highest BCUT2D eigenvalue weighted by Gasteiger charge is 2.46. The van der Waals surface area contributed by atoms with E-state index < -0.39 is 0 Å². The minimum atomic E-state index is -0.239. The van der Waals surface area contributed by atoms with Gasteiger partial charge in [0.05, 0.1) is 5.69 Å². The molecule has 1 saturated heterocycles. The number of likely N-dealkylation sites (tertiary alicyclic amines) is 1. The van der Waals surface area contributed by atoms with Gasteiger partial charge in [0.1, 0.15) is 18.2 Å². The van der Waals surface area contributed by atoms with Gasteiger partial charge in [-0.1, -0.05) is 29.4 Å². The van der Waals surface area contributed by atoms with Crippen molar-refractivity contribution in [3.8, 4) is 5.75 Å². The molecule has 178 valence electrons. The highest BCUT2D eigenvalue weighted by molar-refractivity contribution is 5.88. The molecular weight excluding hydrogens is 433 g/mol. The Morgan fingerprint density at radius 3 is 2.41 bits per heavy atom. The molecule has 3 aromatic rings. The molecule has 1 aliphatic heterocycles. The quantitative estimate of drug-likeness (QED) is 0.489. The zero-order valence-corrected chi connectivity index (χ0v) is 19.6. The molecule has 0 unspecified atom stereocenters. The number of urea groups is 1. The van der Waals surface area contributed by atoms with Gasteiger partial charge in [-0.15, -0.1) is 0 Å². The molecule has 1 aromatic heterocycles. The van der Waals surface area contributed by atoms with Crippen molar-refractivity contribution in [2.45, 2.75) is 52.1 Å². The van der Waals surface area contributed by atoms with Gasteiger partial charge < -0.3 is 14.2 Å². The van der Waals surface area contributed by atoms with E-state index in [1.165, 1.54) is 30.5 Å². The maximum Gasteiger partial charge on any atom is 0.324 e. The minimum Gasteiger partial charge on any atom is -0.489 e. The van der Waals surface area contributed by atoms with Gasteiger partial charge in [0.25, 0.3) is 0 Å². The van der Waals surface area contributed by atoms with Crippen LogP contribution in [0.2, 0.25) is 0 Å². The van der Waals surface area contributed by atoms with E-state index in [2.05, 4.69) is 22.6 Å². The molecule has 34 heavy (non-hydrogen) atoms. The predicted octanol–water partition coefficient (Wildman–Crippen LogP) is 6.20. The topological polar surface area (TPSA) is 67.6 Å². The molecule has 0 radical (unpaired) electrons. The summed E-state index contributed by atoms with van der Waals surface area (Å²) in [7, 11) is 0. The van der Waals surface area contributed by atoms with Crippen molar-refractivity contribution < 1.29 is 18.4 Å². The molecule has 0 atom stereocenters. The molecule has 2 heterocycles. The number of carbonyl (C=O) groups is 1. The average molecular weight is 464 g/mol. The summed E-state index contributed by atoms with van der Waals surface area (Å²) in [4.78, 5) is 14.5. The van der Waals surface area contributed by atoms with E-state index in [-0.39, 0.29) is 11.8 Å². The Morgan fingerprint density at radius 1 is 1.12 bits per heavy atom. The van der Waals surface area contributed by atoms with Crippen LogP contribution in [0.25, 0.3) is 0 Å². The largest absolute Gasteiger partial charge is 0.489 e. The van der Waals surface area contributed by atoms with E-state index in [9.17, 15) is 9.18 Å². The summed E-state index contributed by atoms with van der Waals surface area (Å²) < 4.78 is 24.1. The Balaban J connectivity index is 1.08. The van der Waals surface area contributed by atoms with Crippen molar-refractivity contribution in [2.24, 2.45) is 5.41 Å². The van der Waals surface area contributed by atoms with E-state index in [1.807, 2.05) is 30.9 Å². The monoisotopic (exact) mass is 463 g/mol. The van der Waals surface area contributed by atoms with E-state index in [1.54, 1.807) is 12.1 Å². The fourth-order valence-corrected chi connectivity index (χ4v) is 5.11. The number of aryl methyl sites for hydroxylation is 1. The van der Waals surface area contributed by atoms with Gasteiger partial charge in [0.2, 0.25) is 5.88 Å². The number of amides is 2. The fourth-order valence-electron chi connectivity index (χ4n) is 5.11. The zero-order valence-electron chi connectivity index (χ0n) is 19.6. The molecule has 2 amide bonds.